The summed E-state index contributed by atoms with van der Waals surface area (Å²) in [4.78, 5) is 19.3. The van der Waals surface area contributed by atoms with E-state index in [4.69, 9.17) is 16.2 Å². The van der Waals surface area contributed by atoms with Crippen LogP contribution in [-0.4, -0.2) is 24.8 Å². The highest BCUT2D eigenvalue weighted by Crippen LogP contribution is 2.40. The van der Waals surface area contributed by atoms with E-state index in [0.29, 0.717) is 6.04 Å². The Balaban J connectivity index is 1.55. The fourth-order valence-corrected chi connectivity index (χ4v) is 5.52. The van der Waals surface area contributed by atoms with Crippen LogP contribution in [0, 0.1) is 12.3 Å². The van der Waals surface area contributed by atoms with Crippen molar-refractivity contribution < 1.29 is 9.53 Å². The molecule has 1 heterocycles. The Morgan fingerprint density at radius 2 is 1.93 bits per heavy atom. The number of fused-ring (bicyclic) bond motifs is 1. The summed E-state index contributed by atoms with van der Waals surface area (Å²) in [5.41, 5.74) is 3.00. The molecule has 2 aliphatic carbocycles. The highest BCUT2D eigenvalue weighted by atomic mass is 32.1. The van der Waals surface area contributed by atoms with Gasteiger partial charge in [0.1, 0.15) is 17.4 Å². The minimum atomic E-state index is 0.0616. The molecule has 2 aliphatic rings. The zero-order valence-corrected chi connectivity index (χ0v) is 18.1. The summed E-state index contributed by atoms with van der Waals surface area (Å²) in [7, 11) is 0. The molecule has 0 bridgehead atoms. The molecule has 0 unspecified atom stereocenters. The van der Waals surface area contributed by atoms with E-state index in [0.717, 1.165) is 54.0 Å². The van der Waals surface area contributed by atoms with Crippen molar-refractivity contribution in [1.29, 1.82) is 0 Å². The van der Waals surface area contributed by atoms with E-state index in [1.54, 1.807) is 11.3 Å². The molecule has 4 rings (SSSR count). The minimum absolute atomic E-state index is 0.0616. The van der Waals surface area contributed by atoms with Gasteiger partial charge in [0, 0.05) is 17.1 Å². The van der Waals surface area contributed by atoms with Gasteiger partial charge < -0.3 is 10.1 Å². The van der Waals surface area contributed by atoms with Crippen LogP contribution in [0.5, 0.6) is 5.75 Å². The van der Waals surface area contributed by atoms with Gasteiger partial charge in [-0.05, 0) is 73.9 Å². The van der Waals surface area contributed by atoms with Crippen LogP contribution in [0.15, 0.2) is 29.3 Å². The van der Waals surface area contributed by atoms with E-state index < -0.39 is 0 Å². The molecular weight excluding hydrogens is 392 g/mol. The molecule has 1 amide bonds. The number of thiophene rings is 1. The van der Waals surface area contributed by atoms with Crippen LogP contribution < -0.4 is 10.1 Å². The molecule has 156 valence electrons. The van der Waals surface area contributed by atoms with Gasteiger partial charge in [-0.2, -0.15) is 0 Å². The first kappa shape index (κ1) is 20.7. The predicted molar refractivity (Wildman–Crippen MR) is 123 cm³/mol. The molecule has 4 nitrogen and oxygen atoms in total. The normalized spacial score (nSPS) is 16.8. The number of terminal acetylenes is 1. The molecule has 1 saturated carbocycles. The van der Waals surface area contributed by atoms with Gasteiger partial charge in [0.2, 0.25) is 0 Å². The van der Waals surface area contributed by atoms with Crippen LogP contribution >= 0.6 is 11.3 Å². The molecule has 0 aliphatic heterocycles. The van der Waals surface area contributed by atoms with Crippen LogP contribution in [0.1, 0.15) is 71.3 Å². The third-order valence-corrected chi connectivity index (χ3v) is 7.05. The van der Waals surface area contributed by atoms with Crippen molar-refractivity contribution >= 4 is 28.5 Å². The molecule has 0 saturated heterocycles. The summed E-state index contributed by atoms with van der Waals surface area (Å²) in [6.07, 6.45) is 17.3. The average molecular weight is 421 g/mol. The highest BCUT2D eigenvalue weighted by Gasteiger charge is 2.27. The van der Waals surface area contributed by atoms with Gasteiger partial charge in [-0.25, -0.2) is 4.99 Å². The number of hydrogen-bond acceptors (Lipinski definition) is 4. The summed E-state index contributed by atoms with van der Waals surface area (Å²) < 4.78 is 5.42. The summed E-state index contributed by atoms with van der Waals surface area (Å²) in [6.45, 7) is 0.258. The van der Waals surface area contributed by atoms with Crippen molar-refractivity contribution in [2.45, 2.75) is 63.8 Å². The Morgan fingerprint density at radius 1 is 1.17 bits per heavy atom. The number of carbonyl (C=O) groups is 1. The number of nitrogens with zero attached hydrogens (tertiary/aromatic N) is 1. The first-order valence-electron chi connectivity index (χ1n) is 10.9. The van der Waals surface area contributed by atoms with Gasteiger partial charge in [0.25, 0.3) is 5.91 Å². The number of carbonyl (C=O) groups excluding carboxylic acids is 1. The standard InChI is InChI=1S/C25H28N2O2S/c1-2-16-29-20-14-12-18(13-15-20)17-26-25-23(21-10-6-7-11-22(21)30-25)24(28)27-19-8-4-3-5-9-19/h1,12-15,17,19H,3-11,16H2,(H,27,28). The Morgan fingerprint density at radius 3 is 2.70 bits per heavy atom. The molecule has 0 spiro atoms. The van der Waals surface area contributed by atoms with Crippen LogP contribution in [-0.2, 0) is 12.8 Å². The third-order valence-electron chi connectivity index (χ3n) is 5.85. The smallest absolute Gasteiger partial charge is 0.254 e. The molecule has 5 heteroatoms. The van der Waals surface area contributed by atoms with Crippen LogP contribution in [0.4, 0.5) is 5.00 Å². The fourth-order valence-electron chi connectivity index (χ4n) is 4.29. The van der Waals surface area contributed by atoms with E-state index in [2.05, 4.69) is 11.2 Å². The first-order chi connectivity index (χ1) is 14.7. The molecular formula is C25H28N2O2S. The van der Waals surface area contributed by atoms with E-state index >= 15 is 0 Å². The monoisotopic (exact) mass is 420 g/mol. The number of aliphatic imine (C=N–C) groups is 1. The van der Waals surface area contributed by atoms with Crippen molar-refractivity contribution in [3.63, 3.8) is 0 Å². The number of nitrogens with one attached hydrogen (secondary N) is 1. The van der Waals surface area contributed by atoms with E-state index in [9.17, 15) is 4.79 Å². The number of benzene rings is 1. The molecule has 30 heavy (non-hydrogen) atoms. The van der Waals surface area contributed by atoms with Crippen LogP contribution in [0.2, 0.25) is 0 Å². The third kappa shape index (κ3) is 4.94. The van der Waals surface area contributed by atoms with Crippen molar-refractivity contribution in [1.82, 2.24) is 5.32 Å². The topological polar surface area (TPSA) is 50.7 Å². The second-order valence-corrected chi connectivity index (χ2v) is 9.10. The number of hydrogen-bond donors (Lipinski definition) is 1. The van der Waals surface area contributed by atoms with E-state index in [1.165, 1.54) is 36.1 Å². The fraction of sp³-hybridized carbons (Fsp3) is 0.440. The molecule has 1 aromatic heterocycles. The lowest BCUT2D eigenvalue weighted by atomic mass is 9.93. The Kier molecular flexibility index (Phi) is 6.86. The number of amides is 1. The second-order valence-electron chi connectivity index (χ2n) is 8.02. The molecule has 1 N–H and O–H groups in total. The number of rotatable bonds is 6. The zero-order chi connectivity index (χ0) is 20.8. The van der Waals surface area contributed by atoms with Crippen molar-refractivity contribution in [3.05, 3.63) is 45.8 Å². The van der Waals surface area contributed by atoms with Crippen molar-refractivity contribution in [2.24, 2.45) is 4.99 Å². The summed E-state index contributed by atoms with van der Waals surface area (Å²) in [5, 5.41) is 4.13. The van der Waals surface area contributed by atoms with Crippen LogP contribution in [0.3, 0.4) is 0 Å². The molecule has 2 aromatic rings. The van der Waals surface area contributed by atoms with Crippen LogP contribution in [0.25, 0.3) is 0 Å². The molecule has 1 aromatic carbocycles. The summed E-state index contributed by atoms with van der Waals surface area (Å²) >= 11 is 1.68. The molecule has 1 fully saturated rings. The van der Waals surface area contributed by atoms with Gasteiger partial charge >= 0.3 is 0 Å². The minimum Gasteiger partial charge on any atom is -0.481 e. The quantitative estimate of drug-likeness (QED) is 0.499. The predicted octanol–water partition coefficient (Wildman–Crippen LogP) is 5.45. The van der Waals surface area contributed by atoms with Gasteiger partial charge in [0.15, 0.2) is 0 Å². The average Bonchev–Trinajstić information content (AvgIpc) is 3.16. The lowest BCUT2D eigenvalue weighted by Gasteiger charge is -2.23. The first-order valence-corrected chi connectivity index (χ1v) is 11.7. The Hall–Kier alpha value is -2.58. The Bertz CT molecular complexity index is 947. The lowest BCUT2D eigenvalue weighted by molar-refractivity contribution is 0.0927. The summed E-state index contributed by atoms with van der Waals surface area (Å²) in [6, 6.07) is 7.97. The van der Waals surface area contributed by atoms with Crippen molar-refractivity contribution in [2.75, 3.05) is 6.61 Å². The molecule has 0 radical (unpaired) electrons. The van der Waals surface area contributed by atoms with Gasteiger partial charge in [-0.15, -0.1) is 17.8 Å². The van der Waals surface area contributed by atoms with E-state index in [-0.39, 0.29) is 12.5 Å². The highest BCUT2D eigenvalue weighted by molar-refractivity contribution is 7.16. The van der Waals surface area contributed by atoms with Gasteiger partial charge in [-0.1, -0.05) is 25.2 Å². The maximum Gasteiger partial charge on any atom is 0.254 e. The number of aryl methyl sites for hydroxylation is 1. The zero-order valence-electron chi connectivity index (χ0n) is 17.3. The van der Waals surface area contributed by atoms with Gasteiger partial charge in [-0.3, -0.25) is 4.79 Å². The van der Waals surface area contributed by atoms with Gasteiger partial charge in [0.05, 0.1) is 5.56 Å². The van der Waals surface area contributed by atoms with E-state index in [1.807, 2.05) is 30.5 Å². The summed E-state index contributed by atoms with van der Waals surface area (Å²) in [5.74, 6) is 3.26. The van der Waals surface area contributed by atoms with Crippen molar-refractivity contribution in [3.8, 4) is 18.1 Å². The second kappa shape index (κ2) is 9.95. The number of ether oxygens (including phenoxy) is 1. The maximum atomic E-state index is 13.2. The SMILES string of the molecule is C#CCOc1ccc(C=Nc2sc3c(c2C(=O)NC2CCCCC2)CCCC3)cc1. The largest absolute Gasteiger partial charge is 0.481 e. The maximum absolute atomic E-state index is 13.2. The lowest BCUT2D eigenvalue weighted by Crippen LogP contribution is -2.36. The molecule has 0 atom stereocenters. The Labute approximate surface area is 182 Å².